The number of halogens is 3. The molecule has 1 atom stereocenters. The minimum absolute atomic E-state index is 0.160. The summed E-state index contributed by atoms with van der Waals surface area (Å²) in [5.74, 6) is -0.972. The van der Waals surface area contributed by atoms with E-state index in [0.717, 1.165) is 12.1 Å². The maximum Gasteiger partial charge on any atom is 0.416 e. The van der Waals surface area contributed by atoms with E-state index >= 15 is 0 Å². The number of carbonyl (C=O) groups is 2. The molecule has 0 bridgehead atoms. The second-order valence-electron chi connectivity index (χ2n) is 6.88. The minimum Gasteiger partial charge on any atom is -0.338 e. The Balaban J connectivity index is 1.65. The van der Waals surface area contributed by atoms with Crippen LogP contribution >= 0.6 is 0 Å². The van der Waals surface area contributed by atoms with E-state index in [1.54, 1.807) is 16.8 Å². The first-order valence-electron chi connectivity index (χ1n) is 9.02. The van der Waals surface area contributed by atoms with Gasteiger partial charge in [0.15, 0.2) is 0 Å². The van der Waals surface area contributed by atoms with Crippen molar-refractivity contribution in [2.75, 3.05) is 16.8 Å². The second-order valence-corrected chi connectivity index (χ2v) is 6.88. The summed E-state index contributed by atoms with van der Waals surface area (Å²) >= 11 is 0. The molecule has 0 radical (unpaired) electrons. The zero-order valence-electron chi connectivity index (χ0n) is 15.7. The number of hydrogen-bond acceptors (Lipinski definition) is 4. The summed E-state index contributed by atoms with van der Waals surface area (Å²) in [7, 11) is 0. The summed E-state index contributed by atoms with van der Waals surface area (Å²) in [6.45, 7) is 2.12. The van der Waals surface area contributed by atoms with Crippen LogP contribution in [0.25, 0.3) is 0 Å². The number of benzene rings is 1. The van der Waals surface area contributed by atoms with Crippen LogP contribution in [0.15, 0.2) is 55.2 Å². The molecule has 0 fully saturated rings. The van der Waals surface area contributed by atoms with Gasteiger partial charge in [-0.05, 0) is 37.3 Å². The molecule has 4 rings (SSSR count). The quantitative estimate of drug-likeness (QED) is 0.706. The first-order chi connectivity index (χ1) is 14.3. The van der Waals surface area contributed by atoms with Gasteiger partial charge < -0.3 is 14.8 Å². The van der Waals surface area contributed by atoms with E-state index in [4.69, 9.17) is 0 Å². The van der Waals surface area contributed by atoms with Crippen LogP contribution in [0.4, 0.5) is 24.5 Å². The van der Waals surface area contributed by atoms with E-state index in [-0.39, 0.29) is 23.8 Å². The highest BCUT2D eigenvalue weighted by Crippen LogP contribution is 2.33. The number of hydrogen-bond donors (Lipinski definition) is 1. The molecule has 2 aromatic heterocycles. The van der Waals surface area contributed by atoms with Gasteiger partial charge in [0.2, 0.25) is 0 Å². The summed E-state index contributed by atoms with van der Waals surface area (Å²) in [5.41, 5.74) is 0.237. The molecule has 0 saturated heterocycles. The minimum atomic E-state index is -4.46. The lowest BCUT2D eigenvalue weighted by Crippen LogP contribution is -2.43. The molecular formula is C20H16F3N5O2. The van der Waals surface area contributed by atoms with E-state index in [9.17, 15) is 22.8 Å². The van der Waals surface area contributed by atoms with Gasteiger partial charge in [0.1, 0.15) is 12.0 Å². The average Bonchev–Trinajstić information content (AvgIpc) is 3.17. The van der Waals surface area contributed by atoms with E-state index in [0.29, 0.717) is 11.4 Å². The fourth-order valence-corrected chi connectivity index (χ4v) is 3.40. The highest BCUT2D eigenvalue weighted by Gasteiger charge is 2.35. The maximum atomic E-state index is 13.2. The lowest BCUT2D eigenvalue weighted by Gasteiger charge is -2.33. The molecule has 3 aromatic rings. The molecule has 2 amide bonds. The van der Waals surface area contributed by atoms with Gasteiger partial charge in [0.05, 0.1) is 29.2 Å². The summed E-state index contributed by atoms with van der Waals surface area (Å²) in [4.78, 5) is 34.9. The Labute approximate surface area is 169 Å². The molecule has 10 heteroatoms. The van der Waals surface area contributed by atoms with Gasteiger partial charge in [-0.1, -0.05) is 0 Å². The lowest BCUT2D eigenvalue weighted by atomic mass is 10.1. The van der Waals surface area contributed by atoms with Crippen molar-refractivity contribution in [1.29, 1.82) is 0 Å². The predicted molar refractivity (Wildman–Crippen MR) is 102 cm³/mol. The van der Waals surface area contributed by atoms with E-state index in [1.165, 1.54) is 35.8 Å². The monoisotopic (exact) mass is 415 g/mol. The molecule has 3 heterocycles. The number of nitrogens with zero attached hydrogens (tertiary/aromatic N) is 4. The summed E-state index contributed by atoms with van der Waals surface area (Å²) in [5, 5.41) is 2.64. The Bertz CT molecular complexity index is 1090. The number of anilines is 2. The molecular weight excluding hydrogens is 399 g/mol. The van der Waals surface area contributed by atoms with Crippen molar-refractivity contribution in [3.8, 4) is 0 Å². The molecule has 154 valence electrons. The Morgan fingerprint density at radius 3 is 2.43 bits per heavy atom. The molecule has 0 aliphatic carbocycles. The molecule has 1 aliphatic heterocycles. The Morgan fingerprint density at radius 2 is 1.80 bits per heavy atom. The van der Waals surface area contributed by atoms with Crippen LogP contribution in [-0.4, -0.2) is 32.9 Å². The Morgan fingerprint density at radius 1 is 1.13 bits per heavy atom. The third-order valence-corrected chi connectivity index (χ3v) is 4.85. The fourth-order valence-electron chi connectivity index (χ4n) is 3.40. The first kappa shape index (κ1) is 19.6. The molecule has 0 saturated carbocycles. The summed E-state index contributed by atoms with van der Waals surface area (Å²) < 4.78 is 40.2. The van der Waals surface area contributed by atoms with Crippen LogP contribution in [0.1, 0.15) is 39.4 Å². The van der Waals surface area contributed by atoms with Crippen molar-refractivity contribution in [1.82, 2.24) is 14.5 Å². The number of aromatic nitrogens is 3. The van der Waals surface area contributed by atoms with Crippen molar-refractivity contribution in [2.24, 2.45) is 0 Å². The second kappa shape index (κ2) is 7.29. The molecule has 1 aliphatic rings. The number of fused-ring (bicyclic) bond motifs is 1. The van der Waals surface area contributed by atoms with Gasteiger partial charge >= 0.3 is 6.18 Å². The zero-order chi connectivity index (χ0) is 21.5. The van der Waals surface area contributed by atoms with Crippen molar-refractivity contribution in [3.63, 3.8) is 0 Å². The molecule has 30 heavy (non-hydrogen) atoms. The van der Waals surface area contributed by atoms with Crippen LogP contribution in [-0.2, 0) is 6.18 Å². The van der Waals surface area contributed by atoms with Crippen LogP contribution in [0.5, 0.6) is 0 Å². The molecule has 7 nitrogen and oxygen atoms in total. The topological polar surface area (TPSA) is 80.1 Å². The van der Waals surface area contributed by atoms with Crippen molar-refractivity contribution in [3.05, 3.63) is 72.1 Å². The number of amides is 2. The highest BCUT2D eigenvalue weighted by molar-refractivity contribution is 6.15. The zero-order valence-corrected chi connectivity index (χ0v) is 15.7. The van der Waals surface area contributed by atoms with Crippen molar-refractivity contribution >= 4 is 23.2 Å². The largest absolute Gasteiger partial charge is 0.416 e. The van der Waals surface area contributed by atoms with Gasteiger partial charge in [-0.3, -0.25) is 9.59 Å². The SMILES string of the molecule is C[C@H]1CN(c2ccc(C(F)(F)F)cc2)C(=O)c2c(C(=O)Nc3cncnc3)ccn21. The van der Waals surface area contributed by atoms with Crippen LogP contribution < -0.4 is 10.2 Å². The summed E-state index contributed by atoms with van der Waals surface area (Å²) in [6.07, 6.45) is 1.36. The van der Waals surface area contributed by atoms with Crippen LogP contribution in [0.2, 0.25) is 0 Å². The van der Waals surface area contributed by atoms with E-state index in [1.807, 2.05) is 6.92 Å². The van der Waals surface area contributed by atoms with Gasteiger partial charge in [0.25, 0.3) is 11.8 Å². The number of carbonyl (C=O) groups excluding carboxylic acids is 2. The standard InChI is InChI=1S/C20H16F3N5O2/c1-12-10-28(15-4-2-13(3-5-15)20(21,22)23)19(30)17-16(6-7-27(12)17)18(29)26-14-8-24-11-25-9-14/h2-9,11-12H,10H2,1H3,(H,26,29)/t12-/m0/s1. The van der Waals surface area contributed by atoms with Gasteiger partial charge in [-0.15, -0.1) is 0 Å². The first-order valence-corrected chi connectivity index (χ1v) is 9.02. The molecule has 0 spiro atoms. The Hall–Kier alpha value is -3.69. The van der Waals surface area contributed by atoms with Gasteiger partial charge in [0, 0.05) is 24.5 Å². The number of nitrogens with one attached hydrogen (secondary N) is 1. The highest BCUT2D eigenvalue weighted by atomic mass is 19.4. The van der Waals surface area contributed by atoms with Gasteiger partial charge in [-0.2, -0.15) is 13.2 Å². The van der Waals surface area contributed by atoms with E-state index in [2.05, 4.69) is 15.3 Å². The molecule has 1 aromatic carbocycles. The number of alkyl halides is 3. The fraction of sp³-hybridized carbons (Fsp3) is 0.200. The predicted octanol–water partition coefficient (Wildman–Crippen LogP) is 3.77. The number of rotatable bonds is 3. The van der Waals surface area contributed by atoms with Crippen LogP contribution in [0.3, 0.4) is 0 Å². The van der Waals surface area contributed by atoms with E-state index < -0.39 is 23.6 Å². The van der Waals surface area contributed by atoms with Crippen LogP contribution in [0, 0.1) is 0 Å². The third-order valence-electron chi connectivity index (χ3n) is 4.85. The normalized spacial score (nSPS) is 16.3. The van der Waals surface area contributed by atoms with Gasteiger partial charge in [-0.25, -0.2) is 9.97 Å². The molecule has 0 unspecified atom stereocenters. The average molecular weight is 415 g/mol. The Kier molecular flexibility index (Phi) is 4.76. The maximum absolute atomic E-state index is 13.2. The molecule has 1 N–H and O–H groups in total. The summed E-state index contributed by atoms with van der Waals surface area (Å²) in [6, 6.07) is 5.74. The van der Waals surface area contributed by atoms with Crippen molar-refractivity contribution < 1.29 is 22.8 Å². The third kappa shape index (κ3) is 3.51. The smallest absolute Gasteiger partial charge is 0.338 e. The van der Waals surface area contributed by atoms with Crippen molar-refractivity contribution in [2.45, 2.75) is 19.1 Å². The lowest BCUT2D eigenvalue weighted by molar-refractivity contribution is -0.137.